The summed E-state index contributed by atoms with van der Waals surface area (Å²) in [6, 6.07) is 6.47. The SMILES string of the molecule is CCOC(C)CNC(C)c1ccc(OC)c(COC)c1. The van der Waals surface area contributed by atoms with Gasteiger partial charge in [0.1, 0.15) is 5.75 Å². The van der Waals surface area contributed by atoms with Gasteiger partial charge in [0, 0.05) is 31.9 Å². The Morgan fingerprint density at radius 3 is 2.55 bits per heavy atom. The number of ether oxygens (including phenoxy) is 3. The monoisotopic (exact) mass is 281 g/mol. The summed E-state index contributed by atoms with van der Waals surface area (Å²) in [6.45, 7) is 8.38. The van der Waals surface area contributed by atoms with Crippen LogP contribution in [0.2, 0.25) is 0 Å². The van der Waals surface area contributed by atoms with E-state index in [1.54, 1.807) is 14.2 Å². The second-order valence-electron chi connectivity index (χ2n) is 4.90. The maximum Gasteiger partial charge on any atom is 0.124 e. The zero-order valence-electron chi connectivity index (χ0n) is 13.2. The van der Waals surface area contributed by atoms with Crippen LogP contribution in [-0.4, -0.2) is 33.5 Å². The first-order valence-corrected chi connectivity index (χ1v) is 7.13. The van der Waals surface area contributed by atoms with Crippen molar-refractivity contribution in [3.05, 3.63) is 29.3 Å². The summed E-state index contributed by atoms with van der Waals surface area (Å²) in [5, 5.41) is 3.48. The Hall–Kier alpha value is -1.10. The Labute approximate surface area is 122 Å². The van der Waals surface area contributed by atoms with Crippen molar-refractivity contribution in [1.29, 1.82) is 0 Å². The number of methoxy groups -OCH3 is 2. The van der Waals surface area contributed by atoms with E-state index < -0.39 is 0 Å². The van der Waals surface area contributed by atoms with Crippen molar-refractivity contribution in [1.82, 2.24) is 5.32 Å². The first-order chi connectivity index (χ1) is 9.62. The van der Waals surface area contributed by atoms with E-state index >= 15 is 0 Å². The maximum atomic E-state index is 5.52. The summed E-state index contributed by atoms with van der Waals surface area (Å²) in [5.74, 6) is 0.866. The van der Waals surface area contributed by atoms with Gasteiger partial charge in [-0.1, -0.05) is 6.07 Å². The molecule has 1 N–H and O–H groups in total. The molecule has 1 aromatic rings. The molecule has 0 spiro atoms. The molecule has 2 atom stereocenters. The Morgan fingerprint density at radius 1 is 1.20 bits per heavy atom. The van der Waals surface area contributed by atoms with E-state index in [1.807, 2.05) is 13.0 Å². The van der Waals surface area contributed by atoms with Gasteiger partial charge in [-0.15, -0.1) is 0 Å². The molecule has 1 aromatic carbocycles. The molecule has 0 radical (unpaired) electrons. The highest BCUT2D eigenvalue weighted by Crippen LogP contribution is 2.24. The number of benzene rings is 1. The third-order valence-corrected chi connectivity index (χ3v) is 3.27. The van der Waals surface area contributed by atoms with Crippen molar-refractivity contribution in [2.45, 2.75) is 39.5 Å². The third-order valence-electron chi connectivity index (χ3n) is 3.27. The van der Waals surface area contributed by atoms with Crippen molar-refractivity contribution in [2.75, 3.05) is 27.4 Å². The minimum Gasteiger partial charge on any atom is -0.496 e. The molecular weight excluding hydrogens is 254 g/mol. The quantitative estimate of drug-likeness (QED) is 0.755. The van der Waals surface area contributed by atoms with Crippen LogP contribution >= 0.6 is 0 Å². The summed E-state index contributed by atoms with van der Waals surface area (Å²) in [4.78, 5) is 0. The summed E-state index contributed by atoms with van der Waals surface area (Å²) in [5.41, 5.74) is 2.29. The molecule has 114 valence electrons. The van der Waals surface area contributed by atoms with Gasteiger partial charge in [-0.2, -0.15) is 0 Å². The van der Waals surface area contributed by atoms with Gasteiger partial charge >= 0.3 is 0 Å². The van der Waals surface area contributed by atoms with E-state index in [2.05, 4.69) is 31.3 Å². The molecule has 0 bridgehead atoms. The average Bonchev–Trinajstić information content (AvgIpc) is 2.45. The summed E-state index contributed by atoms with van der Waals surface area (Å²) in [6.07, 6.45) is 0.221. The molecule has 4 heteroatoms. The lowest BCUT2D eigenvalue weighted by Gasteiger charge is -2.19. The molecule has 0 heterocycles. The lowest BCUT2D eigenvalue weighted by Crippen LogP contribution is -2.29. The van der Waals surface area contributed by atoms with Gasteiger partial charge in [0.15, 0.2) is 0 Å². The highest BCUT2D eigenvalue weighted by atomic mass is 16.5. The van der Waals surface area contributed by atoms with E-state index in [0.29, 0.717) is 6.61 Å². The third kappa shape index (κ3) is 5.12. The van der Waals surface area contributed by atoms with Crippen molar-refractivity contribution >= 4 is 0 Å². The fourth-order valence-electron chi connectivity index (χ4n) is 2.14. The predicted octanol–water partition coefficient (Wildman–Crippen LogP) is 2.92. The van der Waals surface area contributed by atoms with Crippen LogP contribution in [0.4, 0.5) is 0 Å². The van der Waals surface area contributed by atoms with E-state index in [1.165, 1.54) is 5.56 Å². The highest BCUT2D eigenvalue weighted by molar-refractivity contribution is 5.38. The molecule has 0 aliphatic heterocycles. The standard InChI is InChI=1S/C16H27NO3/c1-6-20-12(2)10-17-13(3)14-7-8-16(19-5)15(9-14)11-18-4/h7-9,12-13,17H,6,10-11H2,1-5H3. The molecule has 2 unspecified atom stereocenters. The molecule has 0 saturated carbocycles. The van der Waals surface area contributed by atoms with Gasteiger partial charge in [-0.25, -0.2) is 0 Å². The van der Waals surface area contributed by atoms with E-state index in [9.17, 15) is 0 Å². The van der Waals surface area contributed by atoms with Crippen LogP contribution in [0.5, 0.6) is 5.75 Å². The second-order valence-corrected chi connectivity index (χ2v) is 4.90. The molecule has 0 amide bonds. The smallest absolute Gasteiger partial charge is 0.124 e. The summed E-state index contributed by atoms with van der Waals surface area (Å²) < 4.78 is 16.1. The Bertz CT molecular complexity index is 395. The highest BCUT2D eigenvalue weighted by Gasteiger charge is 2.10. The molecule has 0 aromatic heterocycles. The van der Waals surface area contributed by atoms with Gasteiger partial charge in [0.25, 0.3) is 0 Å². The van der Waals surface area contributed by atoms with E-state index in [4.69, 9.17) is 14.2 Å². The van der Waals surface area contributed by atoms with Crippen molar-refractivity contribution in [3.8, 4) is 5.75 Å². The van der Waals surface area contributed by atoms with Crippen molar-refractivity contribution in [2.24, 2.45) is 0 Å². The van der Waals surface area contributed by atoms with E-state index in [0.717, 1.165) is 24.5 Å². The maximum absolute atomic E-state index is 5.52. The predicted molar refractivity (Wildman–Crippen MR) is 81.2 cm³/mol. The van der Waals surface area contributed by atoms with Crippen molar-refractivity contribution < 1.29 is 14.2 Å². The fraction of sp³-hybridized carbons (Fsp3) is 0.625. The minimum absolute atomic E-state index is 0.221. The molecule has 0 fully saturated rings. The van der Waals surface area contributed by atoms with Crippen molar-refractivity contribution in [3.63, 3.8) is 0 Å². The first kappa shape index (κ1) is 17.0. The number of rotatable bonds is 9. The van der Waals surface area contributed by atoms with Gasteiger partial charge < -0.3 is 19.5 Å². The molecule has 0 aliphatic carbocycles. The molecular formula is C16H27NO3. The van der Waals surface area contributed by atoms with Crippen LogP contribution in [0.1, 0.15) is 37.9 Å². The number of hydrogen-bond acceptors (Lipinski definition) is 4. The normalized spacial score (nSPS) is 14.1. The van der Waals surface area contributed by atoms with Crippen LogP contribution in [0, 0.1) is 0 Å². The van der Waals surface area contributed by atoms with Crippen LogP contribution in [0.15, 0.2) is 18.2 Å². The van der Waals surface area contributed by atoms with Gasteiger partial charge in [-0.05, 0) is 38.5 Å². The second kappa shape index (κ2) is 8.95. The molecule has 0 aliphatic rings. The Balaban J connectivity index is 2.67. The Morgan fingerprint density at radius 2 is 1.95 bits per heavy atom. The van der Waals surface area contributed by atoms with Gasteiger partial charge in [0.2, 0.25) is 0 Å². The van der Waals surface area contributed by atoms with E-state index in [-0.39, 0.29) is 12.1 Å². The number of nitrogens with one attached hydrogen (secondary N) is 1. The fourth-order valence-corrected chi connectivity index (χ4v) is 2.14. The van der Waals surface area contributed by atoms with Crippen LogP contribution < -0.4 is 10.1 Å². The largest absolute Gasteiger partial charge is 0.496 e. The zero-order valence-corrected chi connectivity index (χ0v) is 13.2. The van der Waals surface area contributed by atoms with Crippen LogP contribution in [-0.2, 0) is 16.1 Å². The van der Waals surface area contributed by atoms with Crippen LogP contribution in [0.3, 0.4) is 0 Å². The summed E-state index contributed by atoms with van der Waals surface area (Å²) in [7, 11) is 3.37. The van der Waals surface area contributed by atoms with Crippen LogP contribution in [0.25, 0.3) is 0 Å². The number of hydrogen-bond donors (Lipinski definition) is 1. The zero-order chi connectivity index (χ0) is 15.0. The summed E-state index contributed by atoms with van der Waals surface area (Å²) >= 11 is 0. The average molecular weight is 281 g/mol. The Kier molecular flexibility index (Phi) is 7.59. The van der Waals surface area contributed by atoms with Gasteiger partial charge in [0.05, 0.1) is 19.8 Å². The molecule has 4 nitrogen and oxygen atoms in total. The molecule has 20 heavy (non-hydrogen) atoms. The topological polar surface area (TPSA) is 39.7 Å². The molecule has 0 saturated heterocycles. The first-order valence-electron chi connectivity index (χ1n) is 7.13. The van der Waals surface area contributed by atoms with Gasteiger partial charge in [-0.3, -0.25) is 0 Å². The lowest BCUT2D eigenvalue weighted by atomic mass is 10.0. The minimum atomic E-state index is 0.221. The molecule has 1 rings (SSSR count). The lowest BCUT2D eigenvalue weighted by molar-refractivity contribution is 0.0743.